The van der Waals surface area contributed by atoms with Crippen molar-refractivity contribution in [1.82, 2.24) is 19.7 Å². The highest BCUT2D eigenvalue weighted by Crippen LogP contribution is 2.51. The molecule has 2 atom stereocenters. The number of amides is 1. The summed E-state index contributed by atoms with van der Waals surface area (Å²) in [6.45, 7) is 11.8. The van der Waals surface area contributed by atoms with Crippen molar-refractivity contribution >= 4 is 65.3 Å². The lowest BCUT2D eigenvalue weighted by Gasteiger charge is -2.50. The Bertz CT molecular complexity index is 1740. The quantitative estimate of drug-likeness (QED) is 0.0545. The van der Waals surface area contributed by atoms with E-state index in [-0.39, 0.29) is 41.1 Å². The smallest absolute Gasteiger partial charge is 0.356 e. The number of ether oxygens (including phenoxy) is 1. The first-order valence-electron chi connectivity index (χ1n) is 16.6. The van der Waals surface area contributed by atoms with E-state index < -0.39 is 32.5 Å². The molecule has 2 heterocycles. The predicted octanol–water partition coefficient (Wildman–Crippen LogP) is 5.59. The lowest BCUT2D eigenvalue weighted by atomic mass is 9.99. The molecular weight excluding hydrogens is 684 g/mol. The number of β-lactam (4-membered cyclic amide) rings is 1. The molecule has 1 fully saturated rings. The molecule has 0 radical (unpaired) electrons. The van der Waals surface area contributed by atoms with Crippen molar-refractivity contribution in [2.24, 2.45) is 5.92 Å². The zero-order valence-corrected chi connectivity index (χ0v) is 32.0. The van der Waals surface area contributed by atoms with Crippen molar-refractivity contribution in [3.63, 3.8) is 0 Å². The topological polar surface area (TPSA) is 104 Å². The predicted molar refractivity (Wildman–Crippen MR) is 206 cm³/mol. The van der Waals surface area contributed by atoms with Gasteiger partial charge in [0.25, 0.3) is 0 Å². The van der Waals surface area contributed by atoms with Crippen LogP contribution in [0.1, 0.15) is 27.2 Å². The Labute approximate surface area is 300 Å². The maximum atomic E-state index is 14.7. The Morgan fingerprint density at radius 2 is 1.48 bits per heavy atom. The third-order valence-corrected chi connectivity index (χ3v) is 19.3. The molecule has 4 aromatic rings. The van der Waals surface area contributed by atoms with Crippen LogP contribution in [0.2, 0.25) is 18.1 Å². The maximum absolute atomic E-state index is 14.7. The molecule has 1 aliphatic heterocycles. The number of hydrogen-bond acceptors (Lipinski definition) is 8. The van der Waals surface area contributed by atoms with Gasteiger partial charge in [-0.1, -0.05) is 136 Å². The molecule has 1 aromatic heterocycles. The molecule has 0 spiro atoms. The largest absolute Gasteiger partial charge is 0.457 e. The van der Waals surface area contributed by atoms with Gasteiger partial charge in [0.15, 0.2) is 13.4 Å². The molecule has 262 valence electrons. The highest BCUT2D eigenvalue weighted by Gasteiger charge is 2.55. The summed E-state index contributed by atoms with van der Waals surface area (Å²) in [5.41, 5.74) is 0.220. The van der Waals surface area contributed by atoms with Gasteiger partial charge in [-0.2, -0.15) is 5.10 Å². The Morgan fingerprint density at radius 1 is 0.940 bits per heavy atom. The fourth-order valence-corrected chi connectivity index (χ4v) is 12.3. The second-order valence-corrected chi connectivity index (χ2v) is 22.9. The molecule has 0 aliphatic carbocycles. The molecular formula is C38H45N4O5PSSi. The minimum Gasteiger partial charge on any atom is -0.457 e. The van der Waals surface area contributed by atoms with E-state index in [1.807, 2.05) is 91.0 Å². The summed E-state index contributed by atoms with van der Waals surface area (Å²) in [4.78, 5) is 48.7. The van der Waals surface area contributed by atoms with E-state index in [0.717, 1.165) is 27.7 Å². The molecule has 1 saturated heterocycles. The zero-order valence-electron chi connectivity index (χ0n) is 29.3. The van der Waals surface area contributed by atoms with Crippen molar-refractivity contribution in [2.45, 2.75) is 57.2 Å². The monoisotopic (exact) mass is 728 g/mol. The summed E-state index contributed by atoms with van der Waals surface area (Å²) < 4.78 is 14.1. The van der Waals surface area contributed by atoms with Crippen LogP contribution >= 0.6 is 18.6 Å². The summed E-state index contributed by atoms with van der Waals surface area (Å²) in [6, 6.07) is 29.4. The van der Waals surface area contributed by atoms with Gasteiger partial charge in [0, 0.05) is 19.9 Å². The number of aryl methyl sites for hydroxylation is 1. The lowest BCUT2D eigenvalue weighted by Crippen LogP contribution is -2.66. The number of nitrogens with zero attached hydrogens (tertiary/aromatic N) is 4. The molecule has 3 aromatic carbocycles. The first-order valence-corrected chi connectivity index (χ1v) is 22.2. The Morgan fingerprint density at radius 3 is 1.94 bits per heavy atom. The van der Waals surface area contributed by atoms with E-state index in [2.05, 4.69) is 50.5 Å². The standard InChI is InChI=1S/C38H45N4O5PSSi/c1-7-25-46-37(45)35(48(29-17-11-8-12-18-29,30-19-13-9-14-20-30)31-21-15-10-16-22-31)42-34(44)32(26-47-50(5,6)38(2,3)4)36(42)49-33(43)23-24-41-28-39-27-40-41/h7-22,27-28,32,36H,1,23-26H2,2-6H3/t32-,36+/m0/s1. The van der Waals surface area contributed by atoms with Gasteiger partial charge in [-0.3, -0.25) is 19.2 Å². The van der Waals surface area contributed by atoms with Crippen LogP contribution in [0.15, 0.2) is 116 Å². The van der Waals surface area contributed by atoms with E-state index in [9.17, 15) is 14.4 Å². The molecule has 0 unspecified atom stereocenters. The molecule has 0 N–H and O–H groups in total. The second kappa shape index (κ2) is 15.9. The number of benzene rings is 3. The van der Waals surface area contributed by atoms with E-state index in [0.29, 0.717) is 6.54 Å². The van der Waals surface area contributed by atoms with Gasteiger partial charge in [0.2, 0.25) is 5.91 Å². The number of hydrogen-bond donors (Lipinski definition) is 0. The third kappa shape index (κ3) is 7.66. The third-order valence-electron chi connectivity index (χ3n) is 9.34. The van der Waals surface area contributed by atoms with Gasteiger partial charge in [-0.25, -0.2) is 9.78 Å². The van der Waals surface area contributed by atoms with Crippen LogP contribution in [0.3, 0.4) is 0 Å². The number of likely N-dealkylation sites (tertiary alicyclic amines) is 1. The van der Waals surface area contributed by atoms with Crippen molar-refractivity contribution in [3.8, 4) is 0 Å². The van der Waals surface area contributed by atoms with Crippen molar-refractivity contribution in [1.29, 1.82) is 0 Å². The van der Waals surface area contributed by atoms with Crippen molar-refractivity contribution in [2.75, 3.05) is 13.2 Å². The number of carbonyl (C=O) groups excluding carboxylic acids is 3. The molecule has 1 aliphatic rings. The fourth-order valence-electron chi connectivity index (χ4n) is 5.66. The molecule has 1 amide bonds. The van der Waals surface area contributed by atoms with Crippen LogP contribution in [0.4, 0.5) is 0 Å². The van der Waals surface area contributed by atoms with Gasteiger partial charge in [-0.15, -0.1) is 0 Å². The van der Waals surface area contributed by atoms with Crippen LogP contribution in [0.5, 0.6) is 0 Å². The number of esters is 1. The highest BCUT2D eigenvalue weighted by atomic mass is 32.2. The van der Waals surface area contributed by atoms with Gasteiger partial charge in [0.05, 0.1) is 12.5 Å². The second-order valence-electron chi connectivity index (χ2n) is 13.6. The van der Waals surface area contributed by atoms with E-state index in [4.69, 9.17) is 9.16 Å². The molecule has 0 bridgehead atoms. The number of thioether (sulfide) groups is 1. The van der Waals surface area contributed by atoms with Crippen LogP contribution in [-0.2, 0) is 30.1 Å². The maximum Gasteiger partial charge on any atom is 0.356 e. The molecule has 9 nitrogen and oxygen atoms in total. The van der Waals surface area contributed by atoms with Gasteiger partial charge >= 0.3 is 5.97 Å². The number of carbonyl (C=O) groups is 3. The summed E-state index contributed by atoms with van der Waals surface area (Å²) in [5.74, 6) is -1.56. The molecule has 50 heavy (non-hydrogen) atoms. The van der Waals surface area contributed by atoms with E-state index >= 15 is 0 Å². The lowest BCUT2D eigenvalue weighted by molar-refractivity contribution is -0.148. The molecule has 12 heteroatoms. The average molecular weight is 729 g/mol. The highest BCUT2D eigenvalue weighted by molar-refractivity contribution is 8.14. The Balaban J connectivity index is 1.75. The summed E-state index contributed by atoms with van der Waals surface area (Å²) >= 11 is 1.07. The van der Waals surface area contributed by atoms with E-state index in [1.165, 1.54) is 12.4 Å². The Hall–Kier alpha value is -4.02. The van der Waals surface area contributed by atoms with Crippen LogP contribution in [0, 0.1) is 5.92 Å². The minimum atomic E-state index is -3.12. The SMILES string of the molecule is C=CCOC(=O)C(N1C(=O)[C@H](CO[Si](C)(C)C(C)(C)C)[C@H]1SC(=O)CCn1cncn1)=P(c1ccccc1)(c1ccccc1)c1ccccc1. The van der Waals surface area contributed by atoms with Gasteiger partial charge < -0.3 is 9.16 Å². The summed E-state index contributed by atoms with van der Waals surface area (Å²) in [6.07, 6.45) is 4.66. The summed E-state index contributed by atoms with van der Waals surface area (Å²) in [5, 5.41) is 5.82. The Kier molecular flexibility index (Phi) is 11.8. The van der Waals surface area contributed by atoms with Crippen LogP contribution < -0.4 is 15.9 Å². The van der Waals surface area contributed by atoms with Crippen molar-refractivity contribution in [3.05, 3.63) is 116 Å². The number of rotatable bonds is 14. The molecule has 0 saturated carbocycles. The minimum absolute atomic E-state index is 0.0463. The van der Waals surface area contributed by atoms with Crippen LogP contribution in [-0.4, -0.2) is 69.0 Å². The first-order chi connectivity index (χ1) is 23.9. The van der Waals surface area contributed by atoms with Crippen molar-refractivity contribution < 1.29 is 23.5 Å². The fraction of sp³-hybridized carbons (Fsp3) is 0.316. The molecule has 5 rings (SSSR count). The summed E-state index contributed by atoms with van der Waals surface area (Å²) in [7, 11) is -2.27. The zero-order chi connectivity index (χ0) is 35.9. The number of aromatic nitrogens is 3. The first kappa shape index (κ1) is 37.2. The average Bonchev–Trinajstić information content (AvgIpc) is 3.64. The van der Waals surface area contributed by atoms with Gasteiger partial charge in [-0.05, 0) is 34.0 Å². The van der Waals surface area contributed by atoms with Crippen LogP contribution in [0.25, 0.3) is 0 Å². The van der Waals surface area contributed by atoms with E-state index in [1.54, 1.807) is 15.9 Å². The van der Waals surface area contributed by atoms with Gasteiger partial charge in [0.1, 0.15) is 30.1 Å². The normalized spacial score (nSPS) is 16.4.